The maximum absolute atomic E-state index is 12.6. The lowest BCUT2D eigenvalue weighted by molar-refractivity contribution is -0.141. The molecule has 1 amide bonds. The van der Waals surface area contributed by atoms with Crippen molar-refractivity contribution in [3.63, 3.8) is 0 Å². The molecule has 0 saturated carbocycles. The molecule has 1 N–H and O–H groups in total. The van der Waals surface area contributed by atoms with Crippen LogP contribution in [0.15, 0.2) is 6.07 Å². The van der Waals surface area contributed by atoms with Crippen molar-refractivity contribution in [3.05, 3.63) is 28.8 Å². The van der Waals surface area contributed by atoms with Gasteiger partial charge >= 0.3 is 6.18 Å². The molecule has 2 aromatic rings. The van der Waals surface area contributed by atoms with Crippen LogP contribution in [0, 0.1) is 20.8 Å². The summed E-state index contributed by atoms with van der Waals surface area (Å²) in [6, 6.07) is 0.966. The molecule has 6 nitrogen and oxygen atoms in total. The van der Waals surface area contributed by atoms with Crippen LogP contribution in [0.25, 0.3) is 0 Å². The summed E-state index contributed by atoms with van der Waals surface area (Å²) in [5.41, 5.74) is 1.54. The molecule has 0 radical (unpaired) electrons. The van der Waals surface area contributed by atoms with Crippen LogP contribution in [-0.2, 0) is 24.6 Å². The number of carbonyl (C=O) groups excluding carboxylic acids is 1. The third-order valence-electron chi connectivity index (χ3n) is 3.60. The van der Waals surface area contributed by atoms with Crippen LogP contribution < -0.4 is 5.32 Å². The number of nitrogens with one attached hydrogen (secondary N) is 1. The van der Waals surface area contributed by atoms with E-state index in [1.54, 1.807) is 18.7 Å². The lowest BCUT2D eigenvalue weighted by atomic mass is 10.3. The molecule has 0 aliphatic carbocycles. The number of nitrogens with zero attached hydrogens (tertiary/aromatic N) is 4. The highest BCUT2D eigenvalue weighted by Gasteiger charge is 2.34. The summed E-state index contributed by atoms with van der Waals surface area (Å²) >= 11 is 0. The number of rotatable bonds is 4. The van der Waals surface area contributed by atoms with E-state index in [0.29, 0.717) is 17.1 Å². The van der Waals surface area contributed by atoms with Crippen LogP contribution in [0.1, 0.15) is 29.2 Å². The van der Waals surface area contributed by atoms with Gasteiger partial charge in [-0.25, -0.2) is 0 Å². The van der Waals surface area contributed by atoms with E-state index >= 15 is 0 Å². The zero-order valence-corrected chi connectivity index (χ0v) is 13.3. The fraction of sp³-hybridized carbons (Fsp3) is 0.500. The van der Waals surface area contributed by atoms with Crippen molar-refractivity contribution in [1.82, 2.24) is 19.6 Å². The molecule has 0 spiro atoms. The molecule has 0 bridgehead atoms. The van der Waals surface area contributed by atoms with Crippen molar-refractivity contribution in [2.75, 3.05) is 5.32 Å². The van der Waals surface area contributed by atoms with Gasteiger partial charge in [0.1, 0.15) is 0 Å². The second-order valence-corrected chi connectivity index (χ2v) is 5.36. The van der Waals surface area contributed by atoms with Crippen molar-refractivity contribution in [1.29, 1.82) is 0 Å². The zero-order chi connectivity index (χ0) is 17.4. The number of carbonyl (C=O) groups is 1. The highest BCUT2D eigenvalue weighted by molar-refractivity contribution is 5.91. The van der Waals surface area contributed by atoms with Crippen molar-refractivity contribution in [2.45, 2.75) is 39.9 Å². The Morgan fingerprint density at radius 3 is 2.39 bits per heavy atom. The Bertz CT molecular complexity index is 730. The number of halogens is 3. The van der Waals surface area contributed by atoms with E-state index in [0.717, 1.165) is 11.8 Å². The number of anilines is 1. The van der Waals surface area contributed by atoms with E-state index in [1.807, 2.05) is 6.92 Å². The van der Waals surface area contributed by atoms with Crippen LogP contribution in [0.5, 0.6) is 0 Å². The lowest BCUT2D eigenvalue weighted by Gasteiger charge is -2.07. The largest absolute Gasteiger partial charge is 0.435 e. The zero-order valence-electron chi connectivity index (χ0n) is 13.3. The molecule has 0 aliphatic rings. The number of alkyl halides is 3. The quantitative estimate of drug-likeness (QED) is 0.938. The number of aromatic nitrogens is 4. The van der Waals surface area contributed by atoms with E-state index in [-0.39, 0.29) is 18.9 Å². The Balaban J connectivity index is 2.01. The molecule has 2 aromatic heterocycles. The number of hydrogen-bond acceptors (Lipinski definition) is 3. The van der Waals surface area contributed by atoms with Gasteiger partial charge < -0.3 is 5.32 Å². The Hall–Kier alpha value is -2.32. The van der Waals surface area contributed by atoms with Crippen LogP contribution in [-0.4, -0.2) is 25.5 Å². The third-order valence-corrected chi connectivity index (χ3v) is 3.60. The third kappa shape index (κ3) is 3.72. The molecule has 2 rings (SSSR count). The average Bonchev–Trinajstić information content (AvgIpc) is 2.92. The fourth-order valence-electron chi connectivity index (χ4n) is 2.24. The number of aryl methyl sites for hydroxylation is 4. The smallest absolute Gasteiger partial charge is 0.323 e. The minimum atomic E-state index is -4.48. The van der Waals surface area contributed by atoms with Crippen molar-refractivity contribution in [3.8, 4) is 0 Å². The maximum Gasteiger partial charge on any atom is 0.435 e. The number of amides is 1. The molecule has 9 heteroatoms. The Morgan fingerprint density at radius 2 is 1.91 bits per heavy atom. The van der Waals surface area contributed by atoms with Gasteiger partial charge in [0.15, 0.2) is 5.69 Å². The molecule has 126 valence electrons. The minimum Gasteiger partial charge on any atom is -0.323 e. The molecule has 23 heavy (non-hydrogen) atoms. The molecular formula is C14H18F3N5O. The highest BCUT2D eigenvalue weighted by atomic mass is 19.4. The summed E-state index contributed by atoms with van der Waals surface area (Å²) in [5.74, 6) is -0.298. The molecule has 2 heterocycles. The van der Waals surface area contributed by atoms with Gasteiger partial charge in [-0.2, -0.15) is 23.4 Å². The predicted octanol–water partition coefficient (Wildman–Crippen LogP) is 2.59. The molecule has 0 saturated heterocycles. The first kappa shape index (κ1) is 17.0. The summed E-state index contributed by atoms with van der Waals surface area (Å²) in [7, 11) is 1.77. The van der Waals surface area contributed by atoms with E-state index in [4.69, 9.17) is 0 Å². The minimum absolute atomic E-state index is 0.0214. The van der Waals surface area contributed by atoms with Gasteiger partial charge in [0.05, 0.1) is 17.1 Å². The molecule has 0 aliphatic heterocycles. The van der Waals surface area contributed by atoms with E-state index in [2.05, 4.69) is 15.5 Å². The molecule has 0 unspecified atom stereocenters. The van der Waals surface area contributed by atoms with Crippen molar-refractivity contribution >= 4 is 11.6 Å². The van der Waals surface area contributed by atoms with Crippen molar-refractivity contribution < 1.29 is 18.0 Å². The summed E-state index contributed by atoms with van der Waals surface area (Å²) in [6.45, 7) is 5.19. The van der Waals surface area contributed by atoms with Crippen LogP contribution in [0.2, 0.25) is 0 Å². The fourth-order valence-corrected chi connectivity index (χ4v) is 2.24. The molecule has 0 aromatic carbocycles. The van der Waals surface area contributed by atoms with Gasteiger partial charge in [0.2, 0.25) is 5.91 Å². The summed E-state index contributed by atoms with van der Waals surface area (Å²) in [6.07, 6.45) is -4.46. The summed E-state index contributed by atoms with van der Waals surface area (Å²) in [5, 5.41) is 10.4. The lowest BCUT2D eigenvalue weighted by Crippen LogP contribution is -2.17. The second-order valence-electron chi connectivity index (χ2n) is 5.36. The van der Waals surface area contributed by atoms with Gasteiger partial charge in [-0.05, 0) is 26.8 Å². The van der Waals surface area contributed by atoms with Crippen LogP contribution in [0.4, 0.5) is 18.9 Å². The Morgan fingerprint density at radius 1 is 1.26 bits per heavy atom. The maximum atomic E-state index is 12.6. The Labute approximate surface area is 131 Å². The van der Waals surface area contributed by atoms with Gasteiger partial charge in [0.25, 0.3) is 0 Å². The highest BCUT2D eigenvalue weighted by Crippen LogP contribution is 2.28. The van der Waals surface area contributed by atoms with Gasteiger partial charge in [-0.15, -0.1) is 0 Å². The van der Waals surface area contributed by atoms with Gasteiger partial charge in [-0.1, -0.05) is 0 Å². The summed E-state index contributed by atoms with van der Waals surface area (Å²) in [4.78, 5) is 12.0. The number of hydrogen-bond donors (Lipinski definition) is 1. The SMILES string of the molecule is Cc1nn(C)c(C)c1NC(=O)CCn1nc(C(F)(F)F)cc1C. The van der Waals surface area contributed by atoms with E-state index in [1.165, 1.54) is 11.6 Å². The molecule has 0 fully saturated rings. The first-order chi connectivity index (χ1) is 10.6. The van der Waals surface area contributed by atoms with Crippen LogP contribution in [0.3, 0.4) is 0 Å². The van der Waals surface area contributed by atoms with Gasteiger partial charge in [0, 0.05) is 25.7 Å². The van der Waals surface area contributed by atoms with E-state index in [9.17, 15) is 18.0 Å². The predicted molar refractivity (Wildman–Crippen MR) is 77.9 cm³/mol. The monoisotopic (exact) mass is 329 g/mol. The van der Waals surface area contributed by atoms with Crippen molar-refractivity contribution in [2.24, 2.45) is 7.05 Å². The standard InChI is InChI=1S/C14H18F3N5O/c1-8-7-11(14(15,16)17)20-22(8)6-5-12(23)18-13-9(2)19-21(4)10(13)3/h7H,5-6H2,1-4H3,(H,18,23). The van der Waals surface area contributed by atoms with E-state index < -0.39 is 11.9 Å². The molecular weight excluding hydrogens is 311 g/mol. The normalized spacial score (nSPS) is 11.8. The van der Waals surface area contributed by atoms with Crippen LogP contribution >= 0.6 is 0 Å². The van der Waals surface area contributed by atoms with Gasteiger partial charge in [-0.3, -0.25) is 14.2 Å². The molecule has 0 atom stereocenters. The average molecular weight is 329 g/mol. The first-order valence-electron chi connectivity index (χ1n) is 7.01. The first-order valence-corrected chi connectivity index (χ1v) is 7.01. The topological polar surface area (TPSA) is 64.7 Å². The summed E-state index contributed by atoms with van der Waals surface area (Å²) < 4.78 is 40.6. The second kappa shape index (κ2) is 6.05. The Kier molecular flexibility index (Phi) is 4.49.